The lowest BCUT2D eigenvalue weighted by atomic mass is 9.89. The van der Waals surface area contributed by atoms with Gasteiger partial charge in [0.25, 0.3) is 0 Å². The third kappa shape index (κ3) is 4.85. The molecule has 2 aromatic rings. The molecule has 2 N–H and O–H groups in total. The van der Waals surface area contributed by atoms with Crippen LogP contribution in [0.25, 0.3) is 10.6 Å². The van der Waals surface area contributed by atoms with E-state index in [9.17, 15) is 14.0 Å². The molecule has 1 aliphatic rings. The fraction of sp³-hybridized carbons (Fsp3) is 0.389. The molecule has 0 bridgehead atoms. The number of nitrogens with zero attached hydrogens (tertiary/aromatic N) is 1. The molecule has 0 saturated heterocycles. The van der Waals surface area contributed by atoms with Crippen molar-refractivity contribution in [3.8, 4) is 10.6 Å². The molecule has 0 unspecified atom stereocenters. The zero-order valence-electron chi connectivity index (χ0n) is 13.8. The molecular weight excluding hydrogens is 341 g/mol. The molecular formula is C18H20FN3O2S. The molecule has 0 spiro atoms. The van der Waals surface area contributed by atoms with Crippen LogP contribution >= 0.6 is 11.3 Å². The van der Waals surface area contributed by atoms with E-state index in [4.69, 9.17) is 0 Å². The fourth-order valence-electron chi connectivity index (χ4n) is 2.92. The highest BCUT2D eigenvalue weighted by Gasteiger charge is 2.21. The SMILES string of the molecule is O=C(Cc1csc(-c2ccc(F)cc2)n1)NNC(=O)C1CCCCC1. The van der Waals surface area contributed by atoms with Crippen molar-refractivity contribution in [2.75, 3.05) is 0 Å². The summed E-state index contributed by atoms with van der Waals surface area (Å²) in [5.41, 5.74) is 6.40. The summed E-state index contributed by atoms with van der Waals surface area (Å²) in [6, 6.07) is 6.07. The Morgan fingerprint density at radius 1 is 1.12 bits per heavy atom. The standard InChI is InChI=1S/C18H20FN3O2S/c19-14-8-6-13(7-9-14)18-20-15(11-25-18)10-16(23)21-22-17(24)12-4-2-1-3-5-12/h6-9,11-12H,1-5,10H2,(H,21,23)(H,22,24). The van der Waals surface area contributed by atoms with Crippen molar-refractivity contribution in [2.45, 2.75) is 38.5 Å². The van der Waals surface area contributed by atoms with Gasteiger partial charge < -0.3 is 0 Å². The number of benzene rings is 1. The zero-order chi connectivity index (χ0) is 17.6. The van der Waals surface area contributed by atoms with Gasteiger partial charge in [0.15, 0.2) is 0 Å². The van der Waals surface area contributed by atoms with Crippen molar-refractivity contribution in [3.05, 3.63) is 41.2 Å². The van der Waals surface area contributed by atoms with E-state index in [0.717, 1.165) is 36.3 Å². The second kappa shape index (κ2) is 8.20. The Morgan fingerprint density at radius 2 is 1.84 bits per heavy atom. The van der Waals surface area contributed by atoms with Gasteiger partial charge >= 0.3 is 0 Å². The Balaban J connectivity index is 1.49. The number of hydrogen-bond donors (Lipinski definition) is 2. The highest BCUT2D eigenvalue weighted by molar-refractivity contribution is 7.13. The molecule has 1 fully saturated rings. The molecule has 1 saturated carbocycles. The molecule has 3 rings (SSSR count). The van der Waals surface area contributed by atoms with Gasteiger partial charge in [-0.3, -0.25) is 20.4 Å². The molecule has 0 atom stereocenters. The number of amides is 2. The van der Waals surface area contributed by atoms with Gasteiger partial charge in [0.05, 0.1) is 12.1 Å². The lowest BCUT2D eigenvalue weighted by molar-refractivity contribution is -0.131. The minimum atomic E-state index is -0.305. The van der Waals surface area contributed by atoms with Crippen LogP contribution < -0.4 is 10.9 Å². The molecule has 2 amide bonds. The topological polar surface area (TPSA) is 71.1 Å². The number of halogens is 1. The van der Waals surface area contributed by atoms with Gasteiger partial charge in [-0.25, -0.2) is 9.37 Å². The van der Waals surface area contributed by atoms with Crippen LogP contribution in [0.5, 0.6) is 0 Å². The third-order valence-electron chi connectivity index (χ3n) is 4.29. The van der Waals surface area contributed by atoms with Crippen molar-refractivity contribution < 1.29 is 14.0 Å². The van der Waals surface area contributed by atoms with Crippen molar-refractivity contribution in [1.29, 1.82) is 0 Å². The van der Waals surface area contributed by atoms with E-state index in [1.807, 2.05) is 0 Å². The van der Waals surface area contributed by atoms with Crippen LogP contribution in [0.4, 0.5) is 4.39 Å². The van der Waals surface area contributed by atoms with E-state index in [2.05, 4.69) is 15.8 Å². The summed E-state index contributed by atoms with van der Waals surface area (Å²) in [5.74, 6) is -0.717. The average molecular weight is 361 g/mol. The van der Waals surface area contributed by atoms with Crippen LogP contribution in [-0.4, -0.2) is 16.8 Å². The minimum Gasteiger partial charge on any atom is -0.273 e. The average Bonchev–Trinajstić information content (AvgIpc) is 3.09. The van der Waals surface area contributed by atoms with E-state index in [1.165, 1.54) is 29.9 Å². The number of rotatable bonds is 4. The molecule has 1 aromatic heterocycles. The first-order valence-electron chi connectivity index (χ1n) is 8.41. The Morgan fingerprint density at radius 3 is 2.56 bits per heavy atom. The Bertz CT molecular complexity index is 739. The van der Waals surface area contributed by atoms with Gasteiger partial charge in [-0.2, -0.15) is 0 Å². The second-order valence-electron chi connectivity index (χ2n) is 6.20. The molecule has 5 nitrogen and oxygen atoms in total. The Labute approximate surface area is 149 Å². The maximum absolute atomic E-state index is 13.0. The van der Waals surface area contributed by atoms with Gasteiger partial charge in [-0.1, -0.05) is 19.3 Å². The lowest BCUT2D eigenvalue weighted by Crippen LogP contribution is -2.45. The summed E-state index contributed by atoms with van der Waals surface area (Å²) >= 11 is 1.40. The Kier molecular flexibility index (Phi) is 5.75. The van der Waals surface area contributed by atoms with Crippen LogP contribution in [-0.2, 0) is 16.0 Å². The number of aromatic nitrogens is 1. The van der Waals surface area contributed by atoms with Crippen LogP contribution in [0.3, 0.4) is 0 Å². The van der Waals surface area contributed by atoms with Crippen molar-refractivity contribution >= 4 is 23.2 Å². The largest absolute Gasteiger partial charge is 0.273 e. The van der Waals surface area contributed by atoms with Crippen LogP contribution in [0, 0.1) is 11.7 Å². The zero-order valence-corrected chi connectivity index (χ0v) is 14.6. The molecule has 132 valence electrons. The molecule has 7 heteroatoms. The minimum absolute atomic E-state index is 0.00148. The first-order valence-corrected chi connectivity index (χ1v) is 9.29. The molecule has 25 heavy (non-hydrogen) atoms. The van der Waals surface area contributed by atoms with E-state index in [0.29, 0.717) is 5.69 Å². The summed E-state index contributed by atoms with van der Waals surface area (Å²) < 4.78 is 13.0. The predicted octanol–water partition coefficient (Wildman–Crippen LogP) is 3.22. The van der Waals surface area contributed by atoms with E-state index < -0.39 is 0 Å². The smallest absolute Gasteiger partial charge is 0.244 e. The Hall–Kier alpha value is -2.28. The number of hydrazine groups is 1. The summed E-state index contributed by atoms with van der Waals surface area (Å²) in [6.07, 6.45) is 5.16. The van der Waals surface area contributed by atoms with E-state index >= 15 is 0 Å². The molecule has 1 heterocycles. The number of carbonyl (C=O) groups is 2. The van der Waals surface area contributed by atoms with Crippen LogP contribution in [0.15, 0.2) is 29.6 Å². The highest BCUT2D eigenvalue weighted by Crippen LogP contribution is 2.24. The summed E-state index contributed by atoms with van der Waals surface area (Å²) in [7, 11) is 0. The van der Waals surface area contributed by atoms with Crippen molar-refractivity contribution in [1.82, 2.24) is 15.8 Å². The quantitative estimate of drug-likeness (QED) is 0.822. The monoisotopic (exact) mass is 361 g/mol. The van der Waals surface area contributed by atoms with E-state index in [-0.39, 0.29) is 30.0 Å². The lowest BCUT2D eigenvalue weighted by Gasteiger charge is -2.20. The van der Waals surface area contributed by atoms with Crippen molar-refractivity contribution in [3.63, 3.8) is 0 Å². The number of nitrogens with one attached hydrogen (secondary N) is 2. The molecule has 1 aliphatic carbocycles. The molecule has 1 aromatic carbocycles. The maximum atomic E-state index is 13.0. The molecule has 0 aliphatic heterocycles. The van der Waals surface area contributed by atoms with Crippen molar-refractivity contribution in [2.24, 2.45) is 5.92 Å². The number of hydrogen-bond acceptors (Lipinski definition) is 4. The summed E-state index contributed by atoms with van der Waals surface area (Å²) in [5, 5.41) is 2.52. The fourth-order valence-corrected chi connectivity index (χ4v) is 3.75. The summed E-state index contributed by atoms with van der Waals surface area (Å²) in [4.78, 5) is 28.4. The summed E-state index contributed by atoms with van der Waals surface area (Å²) in [6.45, 7) is 0. The maximum Gasteiger partial charge on any atom is 0.244 e. The van der Waals surface area contributed by atoms with E-state index in [1.54, 1.807) is 17.5 Å². The second-order valence-corrected chi connectivity index (χ2v) is 7.06. The van der Waals surface area contributed by atoms with Gasteiger partial charge in [-0.05, 0) is 37.1 Å². The van der Waals surface area contributed by atoms with Gasteiger partial charge in [0, 0.05) is 16.9 Å². The number of thiazole rings is 1. The first kappa shape index (κ1) is 17.5. The molecule has 0 radical (unpaired) electrons. The highest BCUT2D eigenvalue weighted by atomic mass is 32.1. The first-order chi connectivity index (χ1) is 12.1. The normalized spacial score (nSPS) is 14.9. The van der Waals surface area contributed by atoms with Crippen LogP contribution in [0.2, 0.25) is 0 Å². The van der Waals surface area contributed by atoms with Gasteiger partial charge in [0.1, 0.15) is 10.8 Å². The van der Waals surface area contributed by atoms with Crippen LogP contribution in [0.1, 0.15) is 37.8 Å². The van der Waals surface area contributed by atoms with Gasteiger partial charge in [-0.15, -0.1) is 11.3 Å². The number of carbonyl (C=O) groups excluding carboxylic acids is 2. The predicted molar refractivity (Wildman–Crippen MR) is 94.1 cm³/mol. The van der Waals surface area contributed by atoms with Gasteiger partial charge in [0.2, 0.25) is 11.8 Å². The third-order valence-corrected chi connectivity index (χ3v) is 5.23.